The number of hydrogen-bond donors (Lipinski definition) is 2. The molecular weight excluding hydrogens is 394 g/mol. The fraction of sp³-hybridized carbons (Fsp3) is 0.600. The number of amides is 2. The summed E-state index contributed by atoms with van der Waals surface area (Å²) in [6.07, 6.45) is 4.64. The third-order valence-electron chi connectivity index (χ3n) is 5.34. The van der Waals surface area contributed by atoms with Crippen molar-refractivity contribution in [3.63, 3.8) is 0 Å². The smallest absolute Gasteiger partial charge is 0.238 e. The number of carbonyl (C=O) groups is 2. The molecule has 26 heavy (non-hydrogen) atoms. The summed E-state index contributed by atoms with van der Waals surface area (Å²) in [5.41, 5.74) is 1.78. The van der Waals surface area contributed by atoms with Crippen LogP contribution in [-0.4, -0.2) is 42.4 Å². The van der Waals surface area contributed by atoms with E-state index in [-0.39, 0.29) is 30.4 Å². The molecule has 1 aliphatic carbocycles. The van der Waals surface area contributed by atoms with Crippen molar-refractivity contribution in [1.29, 1.82) is 0 Å². The van der Waals surface area contributed by atoms with E-state index in [0.29, 0.717) is 5.92 Å². The van der Waals surface area contributed by atoms with E-state index < -0.39 is 0 Å². The predicted octanol–water partition coefficient (Wildman–Crippen LogP) is 3.71. The van der Waals surface area contributed by atoms with Crippen LogP contribution in [0.3, 0.4) is 0 Å². The van der Waals surface area contributed by atoms with Gasteiger partial charge in [0, 0.05) is 16.2 Å². The van der Waals surface area contributed by atoms with Crippen molar-refractivity contribution >= 4 is 33.4 Å². The second-order valence-corrected chi connectivity index (χ2v) is 8.39. The van der Waals surface area contributed by atoms with E-state index in [0.717, 1.165) is 22.1 Å². The minimum absolute atomic E-state index is 0.00104. The molecule has 1 fully saturated rings. The van der Waals surface area contributed by atoms with Crippen molar-refractivity contribution < 1.29 is 9.59 Å². The molecule has 0 radical (unpaired) electrons. The molecule has 0 saturated heterocycles. The third kappa shape index (κ3) is 5.81. The first-order chi connectivity index (χ1) is 12.3. The zero-order valence-electron chi connectivity index (χ0n) is 16.1. The Morgan fingerprint density at radius 3 is 2.65 bits per heavy atom. The Bertz CT molecular complexity index is 650. The first kappa shape index (κ1) is 20.9. The second-order valence-electron chi connectivity index (χ2n) is 7.48. The van der Waals surface area contributed by atoms with Gasteiger partial charge in [-0.3, -0.25) is 14.5 Å². The van der Waals surface area contributed by atoms with E-state index in [4.69, 9.17) is 0 Å². The van der Waals surface area contributed by atoms with E-state index in [1.54, 1.807) is 4.90 Å². The highest BCUT2D eigenvalue weighted by Crippen LogP contribution is 2.24. The average molecular weight is 424 g/mol. The molecule has 0 heterocycles. The Kier molecular flexibility index (Phi) is 7.65. The Labute approximate surface area is 165 Å². The van der Waals surface area contributed by atoms with E-state index in [1.165, 1.54) is 19.3 Å². The minimum Gasteiger partial charge on any atom is -0.352 e. The molecule has 6 heteroatoms. The summed E-state index contributed by atoms with van der Waals surface area (Å²) < 4.78 is 0.979. The van der Waals surface area contributed by atoms with Crippen molar-refractivity contribution in [3.05, 3.63) is 28.2 Å². The molecule has 5 nitrogen and oxygen atoms in total. The van der Waals surface area contributed by atoms with Crippen molar-refractivity contribution in [2.75, 3.05) is 18.9 Å². The Morgan fingerprint density at radius 1 is 1.31 bits per heavy atom. The molecule has 0 aromatic heterocycles. The van der Waals surface area contributed by atoms with Crippen LogP contribution in [0.25, 0.3) is 0 Å². The summed E-state index contributed by atoms with van der Waals surface area (Å²) in [5.74, 6) is 0.399. The Morgan fingerprint density at radius 2 is 2.00 bits per heavy atom. The molecule has 3 atom stereocenters. The van der Waals surface area contributed by atoms with Crippen molar-refractivity contribution in [2.45, 2.75) is 58.5 Å². The number of rotatable bonds is 6. The molecule has 2 amide bonds. The van der Waals surface area contributed by atoms with Crippen molar-refractivity contribution in [1.82, 2.24) is 10.2 Å². The molecule has 2 rings (SSSR count). The quantitative estimate of drug-likeness (QED) is 0.732. The number of hydrogen-bond acceptors (Lipinski definition) is 3. The Balaban J connectivity index is 1.85. The molecule has 1 aromatic rings. The van der Waals surface area contributed by atoms with Crippen LogP contribution in [0.15, 0.2) is 22.7 Å². The maximum Gasteiger partial charge on any atom is 0.238 e. The van der Waals surface area contributed by atoms with Gasteiger partial charge < -0.3 is 10.6 Å². The number of nitrogens with zero attached hydrogens (tertiary/aromatic N) is 1. The molecular formula is C20H30BrN3O2. The van der Waals surface area contributed by atoms with Gasteiger partial charge in [-0.25, -0.2) is 0 Å². The summed E-state index contributed by atoms with van der Waals surface area (Å²) in [7, 11) is 1.81. The molecule has 0 bridgehead atoms. The van der Waals surface area contributed by atoms with Gasteiger partial charge in [0.15, 0.2) is 0 Å². The molecule has 0 aliphatic heterocycles. The molecule has 0 spiro atoms. The first-order valence-corrected chi connectivity index (χ1v) is 10.1. The lowest BCUT2D eigenvalue weighted by Crippen LogP contribution is -2.50. The van der Waals surface area contributed by atoms with Crippen LogP contribution in [0.1, 0.15) is 45.1 Å². The van der Waals surface area contributed by atoms with Gasteiger partial charge in [-0.05, 0) is 63.4 Å². The summed E-state index contributed by atoms with van der Waals surface area (Å²) in [5, 5.41) is 6.09. The molecule has 1 saturated carbocycles. The van der Waals surface area contributed by atoms with Crippen LogP contribution < -0.4 is 10.6 Å². The van der Waals surface area contributed by atoms with Crippen LogP contribution in [0, 0.1) is 12.8 Å². The maximum absolute atomic E-state index is 12.5. The van der Waals surface area contributed by atoms with Crippen LogP contribution >= 0.6 is 15.9 Å². The van der Waals surface area contributed by atoms with Gasteiger partial charge in [0.25, 0.3) is 0 Å². The third-order valence-corrected chi connectivity index (χ3v) is 5.83. The van der Waals surface area contributed by atoms with Crippen molar-refractivity contribution in [2.24, 2.45) is 5.92 Å². The highest BCUT2D eigenvalue weighted by molar-refractivity contribution is 9.10. The monoisotopic (exact) mass is 423 g/mol. The highest BCUT2D eigenvalue weighted by Gasteiger charge is 2.26. The van der Waals surface area contributed by atoms with Crippen LogP contribution in [0.2, 0.25) is 0 Å². The highest BCUT2D eigenvalue weighted by atomic mass is 79.9. The number of halogens is 1. The zero-order valence-corrected chi connectivity index (χ0v) is 17.7. The zero-order chi connectivity index (χ0) is 19.3. The molecule has 2 N–H and O–H groups in total. The molecule has 144 valence electrons. The van der Waals surface area contributed by atoms with Gasteiger partial charge >= 0.3 is 0 Å². The van der Waals surface area contributed by atoms with Gasteiger partial charge in [0.2, 0.25) is 11.8 Å². The van der Waals surface area contributed by atoms with E-state index in [1.807, 2.05) is 39.1 Å². The lowest BCUT2D eigenvalue weighted by molar-refractivity contribution is -0.127. The fourth-order valence-electron chi connectivity index (χ4n) is 3.35. The van der Waals surface area contributed by atoms with Gasteiger partial charge in [0.05, 0.1) is 12.6 Å². The normalized spacial score (nSPS) is 21.3. The van der Waals surface area contributed by atoms with Gasteiger partial charge in [0.1, 0.15) is 0 Å². The van der Waals surface area contributed by atoms with Crippen molar-refractivity contribution in [3.8, 4) is 0 Å². The number of carbonyl (C=O) groups excluding carboxylic acids is 2. The van der Waals surface area contributed by atoms with Gasteiger partial charge in [-0.1, -0.05) is 35.7 Å². The summed E-state index contributed by atoms with van der Waals surface area (Å²) >= 11 is 3.42. The first-order valence-electron chi connectivity index (χ1n) is 9.34. The SMILES string of the molecule is Cc1cc(Br)ccc1NC(=O)CN(C)[C@H](C)C(=O)N[C@@H]1CCCC[C@@H]1C. The topological polar surface area (TPSA) is 61.4 Å². The number of nitrogens with one attached hydrogen (secondary N) is 2. The average Bonchev–Trinajstić information content (AvgIpc) is 2.58. The minimum atomic E-state index is -0.346. The van der Waals surface area contributed by atoms with E-state index >= 15 is 0 Å². The number of likely N-dealkylation sites (N-methyl/N-ethyl adjacent to an activating group) is 1. The summed E-state index contributed by atoms with van der Waals surface area (Å²) in [4.78, 5) is 26.7. The standard InChI is InChI=1S/C20H30BrN3O2/c1-13-7-5-6-8-17(13)23-20(26)15(3)24(4)12-19(25)22-18-10-9-16(21)11-14(18)2/h9-11,13,15,17H,5-8,12H2,1-4H3,(H,22,25)(H,23,26)/t13-,15+,17+/m0/s1. The predicted molar refractivity (Wildman–Crippen MR) is 109 cm³/mol. The van der Waals surface area contributed by atoms with E-state index in [2.05, 4.69) is 33.5 Å². The molecule has 1 aromatic carbocycles. The Hall–Kier alpha value is -1.40. The van der Waals surface area contributed by atoms with Crippen LogP contribution in [0.5, 0.6) is 0 Å². The number of anilines is 1. The fourth-order valence-corrected chi connectivity index (χ4v) is 3.83. The molecule has 1 aliphatic rings. The lowest BCUT2D eigenvalue weighted by Gasteiger charge is -2.32. The second kappa shape index (κ2) is 9.51. The lowest BCUT2D eigenvalue weighted by atomic mass is 9.86. The molecule has 0 unspecified atom stereocenters. The van der Waals surface area contributed by atoms with Crippen LogP contribution in [0.4, 0.5) is 5.69 Å². The summed E-state index contributed by atoms with van der Waals surface area (Å²) in [6, 6.07) is 5.64. The largest absolute Gasteiger partial charge is 0.352 e. The maximum atomic E-state index is 12.5. The van der Waals surface area contributed by atoms with Gasteiger partial charge in [-0.2, -0.15) is 0 Å². The van der Waals surface area contributed by atoms with E-state index in [9.17, 15) is 9.59 Å². The van der Waals surface area contributed by atoms with Gasteiger partial charge in [-0.15, -0.1) is 0 Å². The summed E-state index contributed by atoms with van der Waals surface area (Å²) in [6.45, 7) is 6.17. The number of aryl methyl sites for hydroxylation is 1. The number of benzene rings is 1. The van der Waals surface area contributed by atoms with Crippen LogP contribution in [-0.2, 0) is 9.59 Å².